The molecule has 1 aliphatic rings. The third kappa shape index (κ3) is 4.36. The molecule has 8 nitrogen and oxygen atoms in total. The number of aromatic nitrogens is 4. The van der Waals surface area contributed by atoms with E-state index in [0.717, 1.165) is 25.7 Å². The zero-order chi connectivity index (χ0) is 19.2. The summed E-state index contributed by atoms with van der Waals surface area (Å²) >= 11 is 0. The van der Waals surface area contributed by atoms with Crippen LogP contribution in [0.1, 0.15) is 51.3 Å². The fraction of sp³-hybridized carbons (Fsp3) is 0.722. The second-order valence-electron chi connectivity index (χ2n) is 6.72. The number of hydrogen-bond donors (Lipinski definition) is 1. The second kappa shape index (κ2) is 9.38. The van der Waals surface area contributed by atoms with E-state index in [1.54, 1.807) is 0 Å². The van der Waals surface area contributed by atoms with Gasteiger partial charge in [0, 0.05) is 13.2 Å². The number of nitrogens with two attached hydrogens (primary N) is 1. The molecule has 0 radical (unpaired) electrons. The Hall–Kier alpha value is -1.84. The van der Waals surface area contributed by atoms with Crippen LogP contribution in [0.3, 0.4) is 0 Å². The van der Waals surface area contributed by atoms with Gasteiger partial charge in [-0.2, -0.15) is 5.10 Å². The van der Waals surface area contributed by atoms with E-state index in [-0.39, 0.29) is 5.82 Å². The lowest BCUT2D eigenvalue weighted by atomic mass is 10.1. The summed E-state index contributed by atoms with van der Waals surface area (Å²) in [6, 6.07) is 0. The van der Waals surface area contributed by atoms with Crippen molar-refractivity contribution in [1.29, 1.82) is 0 Å². The molecule has 0 amide bonds. The predicted octanol–water partition coefficient (Wildman–Crippen LogP) is 2.49. The Morgan fingerprint density at radius 3 is 2.78 bits per heavy atom. The predicted molar refractivity (Wildman–Crippen MR) is 98.1 cm³/mol. The van der Waals surface area contributed by atoms with Crippen molar-refractivity contribution in [3.05, 3.63) is 18.2 Å². The van der Waals surface area contributed by atoms with Crippen molar-refractivity contribution in [2.45, 2.75) is 64.0 Å². The summed E-state index contributed by atoms with van der Waals surface area (Å²) in [5, 5.41) is 4.14. The number of ether oxygens (including phenoxy) is 3. The van der Waals surface area contributed by atoms with Crippen molar-refractivity contribution in [2.75, 3.05) is 25.6 Å². The minimum Gasteiger partial charge on any atom is -0.381 e. The molecule has 0 aromatic carbocycles. The van der Waals surface area contributed by atoms with Gasteiger partial charge in [0.15, 0.2) is 17.6 Å². The van der Waals surface area contributed by atoms with Crippen molar-refractivity contribution in [2.24, 2.45) is 0 Å². The number of halogens is 1. The Kier molecular flexibility index (Phi) is 6.92. The highest BCUT2D eigenvalue weighted by Gasteiger charge is 2.48. The molecule has 1 fully saturated rings. The van der Waals surface area contributed by atoms with E-state index >= 15 is 4.39 Å². The van der Waals surface area contributed by atoms with Gasteiger partial charge in [0.05, 0.1) is 18.5 Å². The minimum absolute atomic E-state index is 0.236. The number of unbranched alkanes of at least 4 members (excludes halogenated alkanes) is 2. The first-order valence-electron chi connectivity index (χ1n) is 9.60. The number of nitrogens with zero attached hydrogens (tertiary/aromatic N) is 4. The van der Waals surface area contributed by atoms with E-state index in [1.165, 1.54) is 17.0 Å². The standard InChI is InChI=1S/C18H28FN5O3/c1-3-5-7-25-10-13-16(26-8-6-4-2)14(19)15(27-13)12-9-21-18-17(20)22-11-23-24(12)18/h9,11,13-16H,3-8,10H2,1-2H3,(H2,20,22,23)/t13-,14+,15+,16-/m1/s1. The molecule has 0 saturated carbocycles. The van der Waals surface area contributed by atoms with E-state index in [2.05, 4.69) is 28.9 Å². The van der Waals surface area contributed by atoms with Gasteiger partial charge >= 0.3 is 0 Å². The molecule has 27 heavy (non-hydrogen) atoms. The van der Waals surface area contributed by atoms with Crippen LogP contribution in [0, 0.1) is 0 Å². The lowest BCUT2D eigenvalue weighted by molar-refractivity contribution is -0.0673. The molecule has 2 N–H and O–H groups in total. The van der Waals surface area contributed by atoms with Gasteiger partial charge < -0.3 is 19.9 Å². The summed E-state index contributed by atoms with van der Waals surface area (Å²) in [6.45, 7) is 5.57. The third-order valence-corrected chi connectivity index (χ3v) is 4.67. The molecule has 1 aliphatic heterocycles. The van der Waals surface area contributed by atoms with Gasteiger partial charge in [-0.1, -0.05) is 26.7 Å². The van der Waals surface area contributed by atoms with Crippen LogP contribution in [-0.4, -0.2) is 57.8 Å². The normalized spacial score (nSPS) is 25.4. The first kappa shape index (κ1) is 19.9. The second-order valence-corrected chi connectivity index (χ2v) is 6.72. The average molecular weight is 381 g/mol. The maximum absolute atomic E-state index is 15.3. The van der Waals surface area contributed by atoms with E-state index in [9.17, 15) is 0 Å². The summed E-state index contributed by atoms with van der Waals surface area (Å²) in [4.78, 5) is 8.11. The lowest BCUT2D eigenvalue weighted by Gasteiger charge is -2.20. The molecule has 3 rings (SSSR count). The zero-order valence-electron chi connectivity index (χ0n) is 15.9. The van der Waals surface area contributed by atoms with Gasteiger partial charge in [0.25, 0.3) is 0 Å². The zero-order valence-corrected chi connectivity index (χ0v) is 15.9. The van der Waals surface area contributed by atoms with Crippen molar-refractivity contribution in [3.63, 3.8) is 0 Å². The molecule has 0 bridgehead atoms. The highest BCUT2D eigenvalue weighted by atomic mass is 19.1. The Balaban J connectivity index is 1.77. The largest absolute Gasteiger partial charge is 0.381 e. The Morgan fingerprint density at radius 2 is 2.00 bits per heavy atom. The third-order valence-electron chi connectivity index (χ3n) is 4.67. The van der Waals surface area contributed by atoms with Crippen LogP contribution in [0.15, 0.2) is 12.5 Å². The van der Waals surface area contributed by atoms with Gasteiger partial charge in [-0.3, -0.25) is 0 Å². The molecule has 9 heteroatoms. The van der Waals surface area contributed by atoms with Gasteiger partial charge in [-0.25, -0.2) is 18.9 Å². The SMILES string of the molecule is CCCCOC[C@H]1O[C@@H](c2cnc3c(N)ncnn23)[C@H](F)[C@@H]1OCCCC. The molecule has 0 spiro atoms. The van der Waals surface area contributed by atoms with Gasteiger partial charge in [0.1, 0.15) is 24.6 Å². The van der Waals surface area contributed by atoms with Crippen LogP contribution in [-0.2, 0) is 14.2 Å². The molecule has 150 valence electrons. The number of hydrogen-bond acceptors (Lipinski definition) is 7. The lowest BCUT2D eigenvalue weighted by Crippen LogP contribution is -2.34. The van der Waals surface area contributed by atoms with Crippen LogP contribution in [0.25, 0.3) is 5.65 Å². The van der Waals surface area contributed by atoms with Crippen molar-refractivity contribution < 1.29 is 18.6 Å². The van der Waals surface area contributed by atoms with E-state index in [0.29, 0.717) is 31.2 Å². The molecule has 2 aromatic rings. The highest BCUT2D eigenvalue weighted by molar-refractivity contribution is 5.58. The number of fused-ring (bicyclic) bond motifs is 1. The molecular weight excluding hydrogens is 353 g/mol. The monoisotopic (exact) mass is 381 g/mol. The van der Waals surface area contributed by atoms with Crippen LogP contribution in [0.5, 0.6) is 0 Å². The Labute approximate surface area is 158 Å². The highest BCUT2D eigenvalue weighted by Crippen LogP contribution is 2.37. The van der Waals surface area contributed by atoms with Crippen molar-refractivity contribution >= 4 is 11.5 Å². The first-order valence-corrected chi connectivity index (χ1v) is 9.60. The molecule has 4 atom stereocenters. The number of rotatable bonds is 10. The van der Waals surface area contributed by atoms with E-state index in [4.69, 9.17) is 19.9 Å². The maximum atomic E-state index is 15.3. The fourth-order valence-electron chi connectivity index (χ4n) is 3.14. The summed E-state index contributed by atoms with van der Waals surface area (Å²) in [5.41, 5.74) is 6.70. The smallest absolute Gasteiger partial charge is 0.196 e. The van der Waals surface area contributed by atoms with Crippen LogP contribution in [0.4, 0.5) is 10.2 Å². The number of anilines is 1. The number of imidazole rings is 1. The topological polar surface area (TPSA) is 96.8 Å². The Morgan fingerprint density at radius 1 is 1.22 bits per heavy atom. The summed E-state index contributed by atoms with van der Waals surface area (Å²) < 4.78 is 34.3. The maximum Gasteiger partial charge on any atom is 0.196 e. The molecule has 0 aliphatic carbocycles. The van der Waals surface area contributed by atoms with Crippen LogP contribution >= 0.6 is 0 Å². The van der Waals surface area contributed by atoms with Gasteiger partial charge in [0.2, 0.25) is 0 Å². The first-order chi connectivity index (χ1) is 13.2. The number of nitrogen functional groups attached to an aromatic ring is 1. The summed E-state index contributed by atoms with van der Waals surface area (Å²) in [6.07, 6.45) is 3.33. The van der Waals surface area contributed by atoms with Gasteiger partial charge in [-0.15, -0.1) is 0 Å². The Bertz CT molecular complexity index is 728. The van der Waals surface area contributed by atoms with Crippen LogP contribution < -0.4 is 5.73 Å². The molecular formula is C18H28FN5O3. The van der Waals surface area contributed by atoms with Crippen molar-refractivity contribution in [3.8, 4) is 0 Å². The van der Waals surface area contributed by atoms with Crippen molar-refractivity contribution in [1.82, 2.24) is 19.6 Å². The molecule has 3 heterocycles. The van der Waals surface area contributed by atoms with Gasteiger partial charge in [-0.05, 0) is 12.8 Å². The van der Waals surface area contributed by atoms with E-state index < -0.39 is 24.5 Å². The number of alkyl halides is 1. The van der Waals surface area contributed by atoms with E-state index in [1.807, 2.05) is 0 Å². The fourth-order valence-corrected chi connectivity index (χ4v) is 3.14. The average Bonchev–Trinajstić information content (AvgIpc) is 3.22. The summed E-state index contributed by atoms with van der Waals surface area (Å²) in [5.74, 6) is 0.236. The molecule has 1 saturated heterocycles. The summed E-state index contributed by atoms with van der Waals surface area (Å²) in [7, 11) is 0. The molecule has 0 unspecified atom stereocenters. The quantitative estimate of drug-likeness (QED) is 0.632. The molecule has 2 aromatic heterocycles. The minimum atomic E-state index is -1.35. The van der Waals surface area contributed by atoms with Crippen LogP contribution in [0.2, 0.25) is 0 Å².